The second-order valence-corrected chi connectivity index (χ2v) is 11.6. The lowest BCUT2D eigenvalue weighted by atomic mass is 9.83. The van der Waals surface area contributed by atoms with Gasteiger partial charge in [-0.15, -0.1) is 0 Å². The average Bonchev–Trinajstić information content (AvgIpc) is 3.09. The molecule has 0 spiro atoms. The molecule has 2 heterocycles. The summed E-state index contributed by atoms with van der Waals surface area (Å²) in [6, 6.07) is 0. The van der Waals surface area contributed by atoms with E-state index in [1.54, 1.807) is 6.92 Å². The summed E-state index contributed by atoms with van der Waals surface area (Å²) in [4.78, 5) is 22.9. The Kier molecular flexibility index (Phi) is 9.97. The molecular formula is C25H48N2O4+2. The molecule has 2 aliphatic rings. The predicted molar refractivity (Wildman–Crippen MR) is 123 cm³/mol. The zero-order valence-electron chi connectivity index (χ0n) is 21.0. The molecule has 2 rings (SSSR count). The van der Waals surface area contributed by atoms with E-state index in [4.69, 9.17) is 9.47 Å². The van der Waals surface area contributed by atoms with Gasteiger partial charge in [0.15, 0.2) is 0 Å². The minimum absolute atomic E-state index is 0.116. The van der Waals surface area contributed by atoms with Crippen molar-refractivity contribution < 1.29 is 28.0 Å². The fraction of sp³-hybridized carbons (Fsp3) is 0.920. The lowest BCUT2D eigenvalue weighted by Gasteiger charge is -2.24. The van der Waals surface area contributed by atoms with Crippen LogP contribution in [0.3, 0.4) is 0 Å². The van der Waals surface area contributed by atoms with E-state index in [0.29, 0.717) is 26.1 Å². The van der Waals surface area contributed by atoms with Crippen molar-refractivity contribution in [2.75, 3.05) is 74.2 Å². The molecule has 180 valence electrons. The van der Waals surface area contributed by atoms with Crippen LogP contribution in [0.1, 0.15) is 52.4 Å². The third-order valence-electron chi connectivity index (χ3n) is 7.39. The van der Waals surface area contributed by atoms with Crippen molar-refractivity contribution in [3.63, 3.8) is 0 Å². The van der Waals surface area contributed by atoms with E-state index >= 15 is 0 Å². The number of carbonyl (C=O) groups is 2. The molecule has 2 aliphatic heterocycles. The van der Waals surface area contributed by atoms with E-state index in [-0.39, 0.29) is 18.4 Å². The van der Waals surface area contributed by atoms with Gasteiger partial charge in [-0.2, -0.15) is 0 Å². The molecule has 6 nitrogen and oxygen atoms in total. The molecule has 0 amide bonds. The minimum atomic E-state index is -0.127. The van der Waals surface area contributed by atoms with Crippen LogP contribution in [0.2, 0.25) is 0 Å². The van der Waals surface area contributed by atoms with Crippen molar-refractivity contribution in [3.8, 4) is 0 Å². The maximum atomic E-state index is 12.0. The smallest absolute Gasteiger partial charge is 0.305 e. The Balaban J connectivity index is 1.66. The van der Waals surface area contributed by atoms with Gasteiger partial charge in [-0.1, -0.05) is 6.92 Å². The van der Waals surface area contributed by atoms with Gasteiger partial charge in [0.1, 0.15) is 12.4 Å². The molecule has 0 saturated carbocycles. The van der Waals surface area contributed by atoms with Crippen LogP contribution in [0.15, 0.2) is 0 Å². The van der Waals surface area contributed by atoms with E-state index in [2.05, 4.69) is 35.1 Å². The normalized spacial score (nSPS) is 29.2. The second-order valence-electron chi connectivity index (χ2n) is 11.6. The van der Waals surface area contributed by atoms with Gasteiger partial charge in [0.05, 0.1) is 67.6 Å². The van der Waals surface area contributed by atoms with Gasteiger partial charge in [-0.05, 0) is 32.6 Å². The average molecular weight is 441 g/mol. The molecule has 0 bridgehead atoms. The summed E-state index contributed by atoms with van der Waals surface area (Å²) >= 11 is 0. The highest BCUT2D eigenvalue weighted by Gasteiger charge is 2.42. The molecule has 6 heteroatoms. The quantitative estimate of drug-likeness (QED) is 0.251. The van der Waals surface area contributed by atoms with Crippen molar-refractivity contribution in [2.45, 2.75) is 52.4 Å². The largest absolute Gasteiger partial charge is 0.463 e. The summed E-state index contributed by atoms with van der Waals surface area (Å²) in [5.41, 5.74) is 0. The van der Waals surface area contributed by atoms with Crippen molar-refractivity contribution >= 4 is 11.8 Å². The van der Waals surface area contributed by atoms with Gasteiger partial charge >= 0.3 is 5.97 Å². The fourth-order valence-corrected chi connectivity index (χ4v) is 6.03. The number of likely N-dealkylation sites (tertiary alicyclic amines) is 2. The Morgan fingerprint density at radius 1 is 0.774 bits per heavy atom. The Morgan fingerprint density at radius 3 is 1.97 bits per heavy atom. The van der Waals surface area contributed by atoms with Crippen LogP contribution < -0.4 is 0 Å². The number of Topliss-reactive ketones (excluding diaryl/α,β-unsaturated/α-hetero) is 1. The highest BCUT2D eigenvalue weighted by atomic mass is 16.6. The Labute approximate surface area is 190 Å². The maximum Gasteiger partial charge on any atom is 0.305 e. The molecule has 4 unspecified atom stereocenters. The summed E-state index contributed by atoms with van der Waals surface area (Å²) in [5.74, 6) is 3.18. The number of nitrogens with zero attached hydrogens (tertiary/aromatic N) is 2. The number of hydrogen-bond donors (Lipinski definition) is 0. The van der Waals surface area contributed by atoms with Crippen molar-refractivity contribution in [3.05, 3.63) is 0 Å². The molecule has 0 aromatic rings. The van der Waals surface area contributed by atoms with Gasteiger partial charge in [0.25, 0.3) is 0 Å². The number of carbonyl (C=O) groups excluding carboxylic acids is 2. The van der Waals surface area contributed by atoms with E-state index in [9.17, 15) is 9.59 Å². The van der Waals surface area contributed by atoms with E-state index < -0.39 is 0 Å². The number of ketones is 1. The molecule has 0 aromatic heterocycles. The summed E-state index contributed by atoms with van der Waals surface area (Å²) in [5, 5.41) is 0. The van der Waals surface area contributed by atoms with Crippen LogP contribution in [0.25, 0.3) is 0 Å². The summed E-state index contributed by atoms with van der Waals surface area (Å²) < 4.78 is 12.9. The lowest BCUT2D eigenvalue weighted by molar-refractivity contribution is -0.881. The van der Waals surface area contributed by atoms with Crippen LogP contribution in [0, 0.1) is 23.7 Å². The zero-order chi connectivity index (χ0) is 23.1. The maximum absolute atomic E-state index is 12.0. The first-order valence-electron chi connectivity index (χ1n) is 12.3. The number of hydrogen-bond acceptors (Lipinski definition) is 4. The van der Waals surface area contributed by atoms with Crippen molar-refractivity contribution in [1.29, 1.82) is 0 Å². The third kappa shape index (κ3) is 9.58. The predicted octanol–water partition coefficient (Wildman–Crippen LogP) is 3.14. The highest BCUT2D eigenvalue weighted by Crippen LogP contribution is 2.37. The number of rotatable bonds is 13. The first-order valence-corrected chi connectivity index (χ1v) is 12.3. The first kappa shape index (κ1) is 26.3. The van der Waals surface area contributed by atoms with E-state index in [1.807, 2.05) is 0 Å². The highest BCUT2D eigenvalue weighted by molar-refractivity contribution is 5.75. The molecule has 0 aliphatic carbocycles. The Bertz CT molecular complexity index is 590. The molecule has 0 aromatic carbocycles. The van der Waals surface area contributed by atoms with Crippen LogP contribution in [0.5, 0.6) is 0 Å². The fourth-order valence-electron chi connectivity index (χ4n) is 6.03. The lowest BCUT2D eigenvalue weighted by Crippen LogP contribution is -2.37. The Hall–Kier alpha value is -0.980. The molecule has 31 heavy (non-hydrogen) atoms. The van der Waals surface area contributed by atoms with Gasteiger partial charge in [-0.3, -0.25) is 9.59 Å². The first-order chi connectivity index (χ1) is 14.5. The van der Waals surface area contributed by atoms with Crippen molar-refractivity contribution in [1.82, 2.24) is 0 Å². The monoisotopic (exact) mass is 440 g/mol. The SMILES string of the molecule is CC(=O)CCOCCOC(=O)CCCC1C[N+](C)(C)CC1CCC1C[N+](C)(C)CC1C. The van der Waals surface area contributed by atoms with Gasteiger partial charge in [0.2, 0.25) is 0 Å². The number of esters is 1. The summed E-state index contributed by atoms with van der Waals surface area (Å²) in [7, 11) is 9.44. The molecular weight excluding hydrogens is 392 g/mol. The van der Waals surface area contributed by atoms with Crippen molar-refractivity contribution in [2.24, 2.45) is 23.7 Å². The molecule has 0 N–H and O–H groups in total. The topological polar surface area (TPSA) is 52.6 Å². The third-order valence-corrected chi connectivity index (χ3v) is 7.39. The zero-order valence-corrected chi connectivity index (χ0v) is 21.0. The number of ether oxygens (including phenoxy) is 2. The van der Waals surface area contributed by atoms with Gasteiger partial charge in [0, 0.05) is 36.5 Å². The van der Waals surface area contributed by atoms with Crippen LogP contribution in [-0.2, 0) is 19.1 Å². The second kappa shape index (κ2) is 11.8. The van der Waals surface area contributed by atoms with Gasteiger partial charge < -0.3 is 18.4 Å². The van der Waals surface area contributed by atoms with Crippen LogP contribution >= 0.6 is 0 Å². The van der Waals surface area contributed by atoms with E-state index in [0.717, 1.165) is 41.0 Å². The molecule has 2 saturated heterocycles. The van der Waals surface area contributed by atoms with E-state index in [1.165, 1.54) is 43.5 Å². The molecule has 0 radical (unpaired) electrons. The number of quaternary nitrogens is 2. The Morgan fingerprint density at radius 2 is 1.35 bits per heavy atom. The summed E-state index contributed by atoms with van der Waals surface area (Å²) in [6.07, 6.45) is 5.64. The minimum Gasteiger partial charge on any atom is -0.463 e. The van der Waals surface area contributed by atoms with Crippen LogP contribution in [-0.4, -0.2) is 94.9 Å². The molecule has 2 fully saturated rings. The van der Waals surface area contributed by atoms with Crippen LogP contribution in [0.4, 0.5) is 0 Å². The summed E-state index contributed by atoms with van der Waals surface area (Å²) in [6.45, 7) is 10.2. The molecule has 4 atom stereocenters. The standard InChI is InChI=1S/C25H48N2O4/c1-20-16-26(3,4)17-22(20)10-11-24-19-27(5,6)18-23(24)8-7-9-25(29)31-15-14-30-13-12-21(2)28/h20,22-24H,7-19H2,1-6H3/q+2. The van der Waals surface area contributed by atoms with Gasteiger partial charge in [-0.25, -0.2) is 0 Å².